The Kier molecular flexibility index (Phi) is 2.89. The SMILES string of the molecule is Cc1ccc2oc(=O)c3c(c2c1)CC(c1ccccc1)S3. The Balaban J connectivity index is 1.88. The fraction of sp³-hybridized carbons (Fsp3) is 0.167. The smallest absolute Gasteiger partial charge is 0.350 e. The molecule has 1 unspecified atom stereocenters. The Morgan fingerprint density at radius 1 is 1.14 bits per heavy atom. The second-order valence-electron chi connectivity index (χ2n) is 5.42. The Morgan fingerprint density at radius 2 is 1.95 bits per heavy atom. The van der Waals surface area contributed by atoms with Crippen molar-refractivity contribution in [2.24, 2.45) is 0 Å². The van der Waals surface area contributed by atoms with Crippen LogP contribution in [-0.2, 0) is 6.42 Å². The van der Waals surface area contributed by atoms with E-state index in [0.717, 1.165) is 22.3 Å². The molecule has 0 radical (unpaired) electrons. The molecule has 0 aliphatic carbocycles. The lowest BCUT2D eigenvalue weighted by Crippen LogP contribution is -2.03. The summed E-state index contributed by atoms with van der Waals surface area (Å²) in [6, 6.07) is 16.3. The number of thioether (sulfide) groups is 1. The molecule has 1 aromatic heterocycles. The summed E-state index contributed by atoms with van der Waals surface area (Å²) in [6.45, 7) is 2.06. The van der Waals surface area contributed by atoms with Crippen molar-refractivity contribution in [2.75, 3.05) is 0 Å². The Morgan fingerprint density at radius 3 is 2.76 bits per heavy atom. The molecule has 1 aliphatic heterocycles. The van der Waals surface area contributed by atoms with E-state index < -0.39 is 0 Å². The zero-order valence-electron chi connectivity index (χ0n) is 11.6. The van der Waals surface area contributed by atoms with Gasteiger partial charge >= 0.3 is 5.63 Å². The summed E-state index contributed by atoms with van der Waals surface area (Å²) in [6.07, 6.45) is 0.884. The van der Waals surface area contributed by atoms with E-state index in [1.165, 1.54) is 11.1 Å². The van der Waals surface area contributed by atoms with Gasteiger partial charge in [0.05, 0.1) is 4.90 Å². The number of rotatable bonds is 1. The number of benzene rings is 2. The molecule has 104 valence electrons. The minimum Gasteiger partial charge on any atom is -0.422 e. The van der Waals surface area contributed by atoms with Gasteiger partial charge in [-0.1, -0.05) is 42.0 Å². The van der Waals surface area contributed by atoms with Crippen molar-refractivity contribution >= 4 is 22.7 Å². The maximum atomic E-state index is 12.2. The van der Waals surface area contributed by atoms with E-state index in [1.54, 1.807) is 11.8 Å². The van der Waals surface area contributed by atoms with Gasteiger partial charge in [0.15, 0.2) is 0 Å². The highest BCUT2D eigenvalue weighted by atomic mass is 32.2. The maximum Gasteiger partial charge on any atom is 0.350 e. The highest BCUT2D eigenvalue weighted by Crippen LogP contribution is 2.46. The van der Waals surface area contributed by atoms with Gasteiger partial charge in [0.25, 0.3) is 0 Å². The first-order valence-electron chi connectivity index (χ1n) is 7.00. The van der Waals surface area contributed by atoms with E-state index in [9.17, 15) is 4.79 Å². The molecule has 2 aromatic carbocycles. The van der Waals surface area contributed by atoms with Crippen LogP contribution in [0.4, 0.5) is 0 Å². The standard InChI is InChI=1S/C18H14O2S/c1-11-7-8-15-13(9-11)14-10-16(12-5-3-2-4-6-12)21-17(14)18(19)20-15/h2-9,16H,10H2,1H3. The van der Waals surface area contributed by atoms with Gasteiger partial charge in [0, 0.05) is 10.6 Å². The molecule has 4 rings (SSSR count). The van der Waals surface area contributed by atoms with Crippen LogP contribution in [0.3, 0.4) is 0 Å². The lowest BCUT2D eigenvalue weighted by Gasteiger charge is -2.07. The van der Waals surface area contributed by atoms with Crippen molar-refractivity contribution in [1.29, 1.82) is 0 Å². The Bertz CT molecular complexity index is 881. The minimum atomic E-state index is -0.204. The van der Waals surface area contributed by atoms with Gasteiger partial charge in [-0.3, -0.25) is 0 Å². The summed E-state index contributed by atoms with van der Waals surface area (Å²) in [5, 5.41) is 1.38. The van der Waals surface area contributed by atoms with Crippen LogP contribution in [0, 0.1) is 6.92 Å². The highest BCUT2D eigenvalue weighted by molar-refractivity contribution is 7.99. The van der Waals surface area contributed by atoms with Crippen LogP contribution < -0.4 is 5.63 Å². The summed E-state index contributed by atoms with van der Waals surface area (Å²) in [5.41, 5.74) is 4.08. The second kappa shape index (κ2) is 4.78. The molecule has 1 atom stereocenters. The molecule has 0 spiro atoms. The van der Waals surface area contributed by atoms with Crippen LogP contribution in [0.15, 0.2) is 62.6 Å². The monoisotopic (exact) mass is 294 g/mol. The quantitative estimate of drug-likeness (QED) is 0.619. The predicted octanol–water partition coefficient (Wildman–Crippen LogP) is 4.49. The molecule has 0 N–H and O–H groups in total. The Labute approximate surface area is 126 Å². The summed E-state index contributed by atoms with van der Waals surface area (Å²) in [7, 11) is 0. The van der Waals surface area contributed by atoms with Crippen LogP contribution in [0.1, 0.15) is 21.9 Å². The van der Waals surface area contributed by atoms with Gasteiger partial charge in [-0.15, -0.1) is 11.8 Å². The predicted molar refractivity (Wildman–Crippen MR) is 86.0 cm³/mol. The van der Waals surface area contributed by atoms with Gasteiger partial charge in [-0.05, 0) is 36.6 Å². The molecule has 3 aromatic rings. The molecule has 21 heavy (non-hydrogen) atoms. The normalized spacial score (nSPS) is 17.1. The van der Waals surface area contributed by atoms with E-state index in [1.807, 2.05) is 30.3 Å². The van der Waals surface area contributed by atoms with E-state index in [0.29, 0.717) is 10.8 Å². The van der Waals surface area contributed by atoms with Crippen molar-refractivity contribution in [3.05, 3.63) is 75.6 Å². The molecule has 0 amide bonds. The van der Waals surface area contributed by atoms with E-state index >= 15 is 0 Å². The number of fused-ring (bicyclic) bond motifs is 3. The molecule has 1 aliphatic rings. The molecule has 2 nitrogen and oxygen atoms in total. The van der Waals surface area contributed by atoms with Crippen molar-refractivity contribution in [3.63, 3.8) is 0 Å². The van der Waals surface area contributed by atoms with Gasteiger partial charge in [0.1, 0.15) is 5.58 Å². The molecule has 0 fully saturated rings. The van der Waals surface area contributed by atoms with Gasteiger partial charge < -0.3 is 4.42 Å². The third-order valence-corrected chi connectivity index (χ3v) is 5.32. The van der Waals surface area contributed by atoms with Crippen molar-refractivity contribution in [1.82, 2.24) is 0 Å². The van der Waals surface area contributed by atoms with Crippen molar-refractivity contribution in [2.45, 2.75) is 23.5 Å². The lowest BCUT2D eigenvalue weighted by molar-refractivity contribution is 0.542. The van der Waals surface area contributed by atoms with Crippen molar-refractivity contribution < 1.29 is 4.42 Å². The van der Waals surface area contributed by atoms with Gasteiger partial charge in [-0.25, -0.2) is 4.79 Å². The summed E-state index contributed by atoms with van der Waals surface area (Å²) >= 11 is 1.63. The average Bonchev–Trinajstić information content (AvgIpc) is 2.95. The van der Waals surface area contributed by atoms with E-state index in [-0.39, 0.29) is 5.63 Å². The maximum absolute atomic E-state index is 12.2. The largest absolute Gasteiger partial charge is 0.422 e. The zero-order valence-corrected chi connectivity index (χ0v) is 12.4. The molecule has 3 heteroatoms. The molecule has 2 heterocycles. The summed E-state index contributed by atoms with van der Waals surface area (Å²) in [4.78, 5) is 13.0. The molecule has 0 saturated heterocycles. The van der Waals surface area contributed by atoms with Crippen LogP contribution in [0.5, 0.6) is 0 Å². The summed E-state index contributed by atoms with van der Waals surface area (Å²) in [5.74, 6) is 0. The topological polar surface area (TPSA) is 30.2 Å². The van der Waals surface area contributed by atoms with E-state index in [4.69, 9.17) is 4.42 Å². The molecular formula is C18H14O2S. The van der Waals surface area contributed by atoms with Gasteiger partial charge in [-0.2, -0.15) is 0 Å². The first-order valence-corrected chi connectivity index (χ1v) is 7.88. The lowest BCUT2D eigenvalue weighted by atomic mass is 10.0. The average molecular weight is 294 g/mol. The van der Waals surface area contributed by atoms with Crippen LogP contribution in [-0.4, -0.2) is 0 Å². The minimum absolute atomic E-state index is 0.204. The fourth-order valence-electron chi connectivity index (χ4n) is 2.91. The number of aryl methyl sites for hydroxylation is 1. The third kappa shape index (κ3) is 2.09. The zero-order chi connectivity index (χ0) is 14.4. The second-order valence-corrected chi connectivity index (χ2v) is 6.63. The molecular weight excluding hydrogens is 280 g/mol. The Hall–Kier alpha value is -2.00. The van der Waals surface area contributed by atoms with E-state index in [2.05, 4.69) is 25.1 Å². The van der Waals surface area contributed by atoms with Crippen LogP contribution in [0.2, 0.25) is 0 Å². The van der Waals surface area contributed by atoms with Gasteiger partial charge in [0.2, 0.25) is 0 Å². The molecule has 0 bridgehead atoms. The number of hydrogen-bond acceptors (Lipinski definition) is 3. The summed E-state index contributed by atoms with van der Waals surface area (Å²) < 4.78 is 5.47. The molecule has 0 saturated carbocycles. The number of hydrogen-bond donors (Lipinski definition) is 0. The fourth-order valence-corrected chi connectivity index (χ4v) is 4.21. The highest BCUT2D eigenvalue weighted by Gasteiger charge is 2.29. The first kappa shape index (κ1) is 12.7. The third-order valence-electron chi connectivity index (χ3n) is 3.94. The van der Waals surface area contributed by atoms with Crippen LogP contribution >= 0.6 is 11.8 Å². The first-order chi connectivity index (χ1) is 10.2. The van der Waals surface area contributed by atoms with Crippen LogP contribution in [0.25, 0.3) is 11.0 Å². The van der Waals surface area contributed by atoms with Crippen molar-refractivity contribution in [3.8, 4) is 0 Å².